The molecule has 0 aromatic heterocycles. The fourth-order valence-electron chi connectivity index (χ4n) is 8.82. The Balaban J connectivity index is 0.00000210. The van der Waals surface area contributed by atoms with Crippen LogP contribution in [0.3, 0.4) is 0 Å². The Labute approximate surface area is 209 Å². The van der Waals surface area contributed by atoms with Gasteiger partial charge < -0.3 is 9.90 Å². The van der Waals surface area contributed by atoms with E-state index in [1.54, 1.807) is 0 Å². The van der Waals surface area contributed by atoms with Gasteiger partial charge in [-0.15, -0.1) is 0 Å². The maximum Gasteiger partial charge on any atom is 1.00 e. The molecule has 4 rings (SSSR count). The summed E-state index contributed by atoms with van der Waals surface area (Å²) in [5.74, 6) is 4.20. The molecule has 0 saturated heterocycles. The number of fused-ring (bicyclic) bond motifs is 5. The summed E-state index contributed by atoms with van der Waals surface area (Å²) in [6, 6.07) is 0. The van der Waals surface area contributed by atoms with Gasteiger partial charge in [-0.05, 0) is 111 Å². The number of hydrogen-bond acceptors (Lipinski definition) is 2. The third-order valence-electron chi connectivity index (χ3n) is 10.1. The van der Waals surface area contributed by atoms with Crippen LogP contribution in [0, 0.1) is 46.3 Å². The maximum atomic E-state index is 10.9. The van der Waals surface area contributed by atoms with Gasteiger partial charge in [-0.2, -0.15) is 0 Å². The molecular weight excluding hydrogens is 359 g/mol. The molecule has 2 nitrogen and oxygen atoms in total. The number of carbonyl (C=O) groups excluding carboxylic acids is 1. The van der Waals surface area contributed by atoms with Crippen LogP contribution in [-0.2, 0) is 4.79 Å². The quantitative estimate of drug-likeness (QED) is 0.681. The minimum Gasteiger partial charge on any atom is -0.550 e. The van der Waals surface area contributed by atoms with E-state index < -0.39 is 5.97 Å². The molecule has 0 amide bonds. The van der Waals surface area contributed by atoms with Gasteiger partial charge in [0.1, 0.15) is 0 Å². The maximum absolute atomic E-state index is 10.9. The van der Waals surface area contributed by atoms with Crippen LogP contribution < -0.4 is 56.5 Å². The second-order valence-corrected chi connectivity index (χ2v) is 11.0. The standard InChI is InChI=1S/C24H40O2.K/c1-16(7-12-22(25)26)19-10-11-20-18-9-8-17-6-4-5-14-23(17,2)21(18)13-15-24(19,20)3;/h16-21H,4-15H2,1-3H3,(H,25,26);/q;+1/p-1/t16-,17?,18+,19-,20+,21+,23+,24-;/m1./s1. The van der Waals surface area contributed by atoms with Gasteiger partial charge in [-0.25, -0.2) is 0 Å². The number of carboxylic acid groups (broad SMARTS) is 1. The Hall–Kier alpha value is 1.11. The third kappa shape index (κ3) is 3.91. The number of carboxylic acids is 1. The predicted molar refractivity (Wildman–Crippen MR) is 103 cm³/mol. The van der Waals surface area contributed by atoms with E-state index in [0.717, 1.165) is 36.0 Å². The van der Waals surface area contributed by atoms with Gasteiger partial charge in [0.15, 0.2) is 0 Å². The first-order valence-corrected chi connectivity index (χ1v) is 11.6. The van der Waals surface area contributed by atoms with Crippen LogP contribution in [0.5, 0.6) is 0 Å². The van der Waals surface area contributed by atoms with Gasteiger partial charge in [0.25, 0.3) is 0 Å². The monoisotopic (exact) mass is 398 g/mol. The van der Waals surface area contributed by atoms with Gasteiger partial charge in [-0.3, -0.25) is 0 Å². The van der Waals surface area contributed by atoms with Gasteiger partial charge >= 0.3 is 51.4 Å². The van der Waals surface area contributed by atoms with E-state index in [2.05, 4.69) is 20.8 Å². The van der Waals surface area contributed by atoms with Crippen molar-refractivity contribution in [1.29, 1.82) is 0 Å². The first-order chi connectivity index (χ1) is 12.4. The summed E-state index contributed by atoms with van der Waals surface area (Å²) in [5.41, 5.74) is 1.09. The van der Waals surface area contributed by atoms with Crippen molar-refractivity contribution in [3.05, 3.63) is 0 Å². The van der Waals surface area contributed by atoms with E-state index in [9.17, 15) is 9.90 Å². The molecule has 4 aliphatic carbocycles. The molecule has 4 aliphatic rings. The fourth-order valence-corrected chi connectivity index (χ4v) is 8.82. The van der Waals surface area contributed by atoms with Gasteiger partial charge in [0, 0.05) is 5.97 Å². The van der Waals surface area contributed by atoms with Crippen molar-refractivity contribution < 1.29 is 61.3 Å². The van der Waals surface area contributed by atoms with Crippen LogP contribution in [-0.4, -0.2) is 5.97 Å². The molecule has 0 N–H and O–H groups in total. The van der Waals surface area contributed by atoms with Crippen LogP contribution in [0.2, 0.25) is 0 Å². The topological polar surface area (TPSA) is 40.1 Å². The van der Waals surface area contributed by atoms with Crippen LogP contribution in [0.15, 0.2) is 0 Å². The molecule has 4 fully saturated rings. The van der Waals surface area contributed by atoms with Crippen molar-refractivity contribution in [2.75, 3.05) is 0 Å². The first kappa shape index (κ1) is 22.8. The largest absolute Gasteiger partial charge is 1.00 e. The summed E-state index contributed by atoms with van der Waals surface area (Å²) < 4.78 is 0. The summed E-state index contributed by atoms with van der Waals surface area (Å²) in [5, 5.41) is 10.9. The number of hydrogen-bond donors (Lipinski definition) is 0. The molecule has 27 heavy (non-hydrogen) atoms. The molecule has 0 aromatic rings. The van der Waals surface area contributed by atoms with Crippen molar-refractivity contribution in [3.63, 3.8) is 0 Å². The van der Waals surface area contributed by atoms with Crippen molar-refractivity contribution in [2.45, 2.75) is 97.8 Å². The second-order valence-electron chi connectivity index (χ2n) is 11.0. The summed E-state index contributed by atoms with van der Waals surface area (Å²) in [4.78, 5) is 10.9. The van der Waals surface area contributed by atoms with Gasteiger partial charge in [-0.1, -0.05) is 33.6 Å². The summed E-state index contributed by atoms with van der Waals surface area (Å²) >= 11 is 0. The van der Waals surface area contributed by atoms with Crippen LogP contribution in [0.1, 0.15) is 97.8 Å². The second kappa shape index (κ2) is 8.69. The zero-order chi connectivity index (χ0) is 18.5. The van der Waals surface area contributed by atoms with E-state index in [1.807, 2.05) is 0 Å². The number of rotatable bonds is 4. The van der Waals surface area contributed by atoms with Gasteiger partial charge in [0.2, 0.25) is 0 Å². The van der Waals surface area contributed by atoms with E-state index in [1.165, 1.54) is 64.2 Å². The zero-order valence-corrected chi connectivity index (χ0v) is 21.4. The Morgan fingerprint density at radius 1 is 0.963 bits per heavy atom. The van der Waals surface area contributed by atoms with Crippen molar-refractivity contribution >= 4 is 5.97 Å². The van der Waals surface area contributed by atoms with Gasteiger partial charge in [0.05, 0.1) is 0 Å². The Morgan fingerprint density at radius 2 is 1.70 bits per heavy atom. The summed E-state index contributed by atoms with van der Waals surface area (Å²) in [7, 11) is 0. The Morgan fingerprint density at radius 3 is 2.44 bits per heavy atom. The molecule has 3 heteroatoms. The van der Waals surface area contributed by atoms with Crippen molar-refractivity contribution in [1.82, 2.24) is 0 Å². The molecule has 0 aromatic carbocycles. The number of aliphatic carboxylic acids is 1. The Bertz CT molecular complexity index is 548. The molecule has 0 radical (unpaired) electrons. The Kier molecular flexibility index (Phi) is 7.33. The molecule has 0 heterocycles. The third-order valence-corrected chi connectivity index (χ3v) is 10.1. The first-order valence-electron chi connectivity index (χ1n) is 11.6. The molecular formula is C24H39KO2. The van der Waals surface area contributed by atoms with E-state index in [-0.39, 0.29) is 57.8 Å². The average molecular weight is 399 g/mol. The van der Waals surface area contributed by atoms with Crippen LogP contribution >= 0.6 is 0 Å². The molecule has 0 bridgehead atoms. The smallest absolute Gasteiger partial charge is 0.550 e. The average Bonchev–Trinajstić information content (AvgIpc) is 2.96. The minimum atomic E-state index is -0.871. The van der Waals surface area contributed by atoms with E-state index >= 15 is 0 Å². The molecule has 8 atom stereocenters. The van der Waals surface area contributed by atoms with Crippen molar-refractivity contribution in [2.24, 2.45) is 46.3 Å². The van der Waals surface area contributed by atoms with Crippen LogP contribution in [0.25, 0.3) is 0 Å². The molecule has 4 saturated carbocycles. The predicted octanol–water partition coefficient (Wildman–Crippen LogP) is 2.21. The van der Waals surface area contributed by atoms with Crippen molar-refractivity contribution in [3.8, 4) is 0 Å². The normalized spacial score (nSPS) is 47.1. The fraction of sp³-hybridized carbons (Fsp3) is 0.958. The SMILES string of the molecule is C[C@H](CCC(=O)[O-])[C@H]1CC[C@H]2[C@@H]3CCC4CCCC[C@]4(C)[C@H]3CC[C@]12C.[K+]. The molecule has 0 aliphatic heterocycles. The molecule has 148 valence electrons. The van der Waals surface area contributed by atoms with E-state index in [0.29, 0.717) is 16.7 Å². The number of carbonyl (C=O) groups is 1. The summed E-state index contributed by atoms with van der Waals surface area (Å²) in [6.07, 6.45) is 15.5. The minimum absolute atomic E-state index is 0. The van der Waals surface area contributed by atoms with Crippen LogP contribution in [0.4, 0.5) is 0 Å². The van der Waals surface area contributed by atoms with E-state index in [4.69, 9.17) is 0 Å². The molecule has 1 unspecified atom stereocenters. The molecule has 0 spiro atoms. The zero-order valence-electron chi connectivity index (χ0n) is 18.3. The summed E-state index contributed by atoms with van der Waals surface area (Å²) in [6.45, 7) is 7.55.